The average molecular weight is 268 g/mol. The normalized spacial score (nSPS) is 19.3. The second-order valence-electron chi connectivity index (χ2n) is 5.29. The topological polar surface area (TPSA) is 72.2 Å². The molecule has 18 heavy (non-hydrogen) atoms. The van der Waals surface area contributed by atoms with Gasteiger partial charge in [-0.3, -0.25) is 0 Å². The molecule has 1 unspecified atom stereocenters. The van der Waals surface area contributed by atoms with Gasteiger partial charge in [-0.1, -0.05) is 12.1 Å². The Morgan fingerprint density at radius 3 is 2.50 bits per heavy atom. The molecule has 100 valence electrons. The number of para-hydroxylation sites is 1. The Labute approximate surface area is 108 Å². The summed E-state index contributed by atoms with van der Waals surface area (Å²) in [4.78, 5) is 0.338. The van der Waals surface area contributed by atoms with Crippen LogP contribution in [0, 0.1) is 5.92 Å². The fraction of sp³-hybridized carbons (Fsp3) is 0.538. The van der Waals surface area contributed by atoms with Crippen LogP contribution < -0.4 is 11.1 Å². The van der Waals surface area contributed by atoms with Crippen LogP contribution in [-0.2, 0) is 9.84 Å². The number of benzene rings is 1. The zero-order chi connectivity index (χ0) is 13.4. The summed E-state index contributed by atoms with van der Waals surface area (Å²) in [6.45, 7) is 2.56. The van der Waals surface area contributed by atoms with Gasteiger partial charge in [-0.15, -0.1) is 0 Å². The van der Waals surface area contributed by atoms with Crippen molar-refractivity contribution in [3.8, 4) is 0 Å². The molecule has 4 nitrogen and oxygen atoms in total. The lowest BCUT2D eigenvalue weighted by molar-refractivity contribution is 0.458. The quantitative estimate of drug-likeness (QED) is 0.851. The molecule has 1 aromatic rings. The number of nitrogens with one attached hydrogen (secondary N) is 1. The molecule has 0 bridgehead atoms. The maximum Gasteiger partial charge on any atom is 0.177 e. The van der Waals surface area contributed by atoms with Gasteiger partial charge in [0.05, 0.1) is 10.6 Å². The van der Waals surface area contributed by atoms with Crippen molar-refractivity contribution >= 4 is 15.5 Å². The fourth-order valence-corrected chi connectivity index (χ4v) is 3.09. The number of sulfone groups is 1. The lowest BCUT2D eigenvalue weighted by Crippen LogP contribution is -2.45. The molecule has 2 rings (SSSR count). The summed E-state index contributed by atoms with van der Waals surface area (Å²) in [5.74, 6) is 0.537. The molecule has 1 aromatic carbocycles. The number of nitrogens with two attached hydrogens (primary N) is 1. The highest BCUT2D eigenvalue weighted by Crippen LogP contribution is 2.41. The van der Waals surface area contributed by atoms with Crippen LogP contribution in [0.25, 0.3) is 0 Å². The summed E-state index contributed by atoms with van der Waals surface area (Å²) in [5.41, 5.74) is 6.27. The second-order valence-corrected chi connectivity index (χ2v) is 7.27. The molecule has 0 aromatic heterocycles. The van der Waals surface area contributed by atoms with Crippen molar-refractivity contribution in [1.82, 2.24) is 0 Å². The third kappa shape index (κ3) is 2.67. The number of rotatable bonds is 5. The van der Waals surface area contributed by atoms with Crippen LogP contribution >= 0.6 is 0 Å². The van der Waals surface area contributed by atoms with Crippen molar-refractivity contribution in [3.05, 3.63) is 24.3 Å². The fourth-order valence-electron chi connectivity index (χ4n) is 2.24. The lowest BCUT2D eigenvalue weighted by atomic mass is 9.95. The van der Waals surface area contributed by atoms with Crippen molar-refractivity contribution in [2.45, 2.75) is 30.2 Å². The highest BCUT2D eigenvalue weighted by Gasteiger charge is 2.40. The molecule has 1 saturated carbocycles. The molecule has 1 fully saturated rings. The first-order valence-electron chi connectivity index (χ1n) is 6.14. The average Bonchev–Trinajstić information content (AvgIpc) is 3.12. The van der Waals surface area contributed by atoms with Gasteiger partial charge in [0.2, 0.25) is 0 Å². The molecule has 1 atom stereocenters. The molecule has 0 amide bonds. The van der Waals surface area contributed by atoms with E-state index in [9.17, 15) is 8.42 Å². The molecule has 0 aliphatic heterocycles. The zero-order valence-electron chi connectivity index (χ0n) is 10.8. The summed E-state index contributed by atoms with van der Waals surface area (Å²) in [7, 11) is -3.22. The van der Waals surface area contributed by atoms with Gasteiger partial charge in [0, 0.05) is 18.3 Å². The summed E-state index contributed by atoms with van der Waals surface area (Å²) >= 11 is 0. The monoisotopic (exact) mass is 268 g/mol. The number of hydrogen-bond acceptors (Lipinski definition) is 4. The predicted molar refractivity (Wildman–Crippen MR) is 73.4 cm³/mol. The van der Waals surface area contributed by atoms with E-state index in [2.05, 4.69) is 12.2 Å². The molecule has 5 heteroatoms. The Bertz CT molecular complexity index is 538. The molecular weight excluding hydrogens is 248 g/mol. The SMILES string of the molecule is CC(CN)(Nc1ccccc1S(C)(=O)=O)C1CC1. The standard InChI is InChI=1S/C13H20N2O2S/c1-13(9-14,10-7-8-10)15-11-5-3-4-6-12(11)18(2,16)17/h3-6,10,15H,7-9,14H2,1-2H3. The molecular formula is C13H20N2O2S. The Hall–Kier alpha value is -1.07. The summed E-state index contributed by atoms with van der Waals surface area (Å²) < 4.78 is 23.5. The first-order chi connectivity index (χ1) is 8.37. The van der Waals surface area contributed by atoms with E-state index in [4.69, 9.17) is 5.73 Å². The highest BCUT2D eigenvalue weighted by molar-refractivity contribution is 7.90. The van der Waals surface area contributed by atoms with Gasteiger partial charge in [-0.2, -0.15) is 0 Å². The van der Waals surface area contributed by atoms with Gasteiger partial charge in [-0.05, 0) is 37.8 Å². The maximum atomic E-state index is 11.7. The van der Waals surface area contributed by atoms with E-state index in [0.717, 1.165) is 12.8 Å². The van der Waals surface area contributed by atoms with Crippen molar-refractivity contribution in [2.24, 2.45) is 11.7 Å². The minimum atomic E-state index is -3.22. The minimum absolute atomic E-state index is 0.221. The third-order valence-corrected chi connectivity index (χ3v) is 4.76. The summed E-state index contributed by atoms with van der Waals surface area (Å²) in [6, 6.07) is 6.99. The van der Waals surface area contributed by atoms with E-state index in [1.165, 1.54) is 6.26 Å². The van der Waals surface area contributed by atoms with Gasteiger partial charge >= 0.3 is 0 Å². The van der Waals surface area contributed by atoms with Gasteiger partial charge < -0.3 is 11.1 Å². The first kappa shape index (κ1) is 13.4. The van der Waals surface area contributed by atoms with Crippen LogP contribution in [0.2, 0.25) is 0 Å². The second kappa shape index (κ2) is 4.55. The van der Waals surface area contributed by atoms with E-state index in [0.29, 0.717) is 23.0 Å². The molecule has 0 heterocycles. The van der Waals surface area contributed by atoms with E-state index < -0.39 is 9.84 Å². The Kier molecular flexibility index (Phi) is 3.38. The van der Waals surface area contributed by atoms with Crippen LogP contribution in [0.4, 0.5) is 5.69 Å². The molecule has 0 saturated heterocycles. The van der Waals surface area contributed by atoms with E-state index in [-0.39, 0.29) is 5.54 Å². The van der Waals surface area contributed by atoms with Crippen molar-refractivity contribution in [1.29, 1.82) is 0 Å². The minimum Gasteiger partial charge on any atom is -0.377 e. The van der Waals surface area contributed by atoms with Crippen LogP contribution in [0.1, 0.15) is 19.8 Å². The Morgan fingerprint density at radius 1 is 1.39 bits per heavy atom. The van der Waals surface area contributed by atoms with Gasteiger partial charge in [-0.25, -0.2) is 8.42 Å². The largest absolute Gasteiger partial charge is 0.377 e. The van der Waals surface area contributed by atoms with Crippen LogP contribution in [0.3, 0.4) is 0 Å². The lowest BCUT2D eigenvalue weighted by Gasteiger charge is -2.31. The maximum absolute atomic E-state index is 11.7. The summed E-state index contributed by atoms with van der Waals surface area (Å²) in [5, 5.41) is 3.34. The number of hydrogen-bond donors (Lipinski definition) is 2. The van der Waals surface area contributed by atoms with Crippen LogP contribution in [-0.4, -0.2) is 26.8 Å². The van der Waals surface area contributed by atoms with E-state index in [1.807, 2.05) is 6.07 Å². The Balaban J connectivity index is 2.34. The molecule has 3 N–H and O–H groups in total. The zero-order valence-corrected chi connectivity index (χ0v) is 11.6. The van der Waals surface area contributed by atoms with Crippen molar-refractivity contribution in [3.63, 3.8) is 0 Å². The van der Waals surface area contributed by atoms with Gasteiger partial charge in [0.1, 0.15) is 0 Å². The van der Waals surface area contributed by atoms with Gasteiger partial charge in [0.25, 0.3) is 0 Å². The first-order valence-corrected chi connectivity index (χ1v) is 8.03. The van der Waals surface area contributed by atoms with Crippen molar-refractivity contribution in [2.75, 3.05) is 18.1 Å². The molecule has 0 radical (unpaired) electrons. The highest BCUT2D eigenvalue weighted by atomic mass is 32.2. The number of anilines is 1. The predicted octanol–water partition coefficient (Wildman–Crippen LogP) is 1.63. The molecule has 0 spiro atoms. The summed E-state index contributed by atoms with van der Waals surface area (Å²) in [6.07, 6.45) is 3.54. The molecule has 1 aliphatic carbocycles. The third-order valence-electron chi connectivity index (χ3n) is 3.61. The van der Waals surface area contributed by atoms with Gasteiger partial charge in [0.15, 0.2) is 9.84 Å². The van der Waals surface area contributed by atoms with E-state index in [1.54, 1.807) is 18.2 Å². The van der Waals surface area contributed by atoms with Crippen LogP contribution in [0.15, 0.2) is 29.2 Å². The van der Waals surface area contributed by atoms with Crippen molar-refractivity contribution < 1.29 is 8.42 Å². The van der Waals surface area contributed by atoms with Crippen LogP contribution in [0.5, 0.6) is 0 Å². The Morgan fingerprint density at radius 2 is 2.00 bits per heavy atom. The smallest absolute Gasteiger partial charge is 0.177 e. The van der Waals surface area contributed by atoms with E-state index >= 15 is 0 Å². The molecule has 1 aliphatic rings.